The van der Waals surface area contributed by atoms with Crippen molar-refractivity contribution in [1.29, 1.82) is 0 Å². The molecule has 0 aromatic heterocycles. The van der Waals surface area contributed by atoms with E-state index in [1.54, 1.807) is 0 Å². The summed E-state index contributed by atoms with van der Waals surface area (Å²) < 4.78 is 24.0. The molecule has 0 rings (SSSR count). The SMILES string of the molecule is CCCCCC.O=S(O)(O)=S.[H-].[Na+]. The zero-order valence-electron chi connectivity index (χ0n) is 8.95. The van der Waals surface area contributed by atoms with E-state index in [1.807, 2.05) is 0 Å². The van der Waals surface area contributed by atoms with Gasteiger partial charge in [0.25, 0.3) is 9.05 Å². The van der Waals surface area contributed by atoms with Gasteiger partial charge in [-0.2, -0.15) is 4.21 Å². The minimum Gasteiger partial charge on any atom is -1.00 e. The topological polar surface area (TPSA) is 57.5 Å². The van der Waals surface area contributed by atoms with Crippen molar-refractivity contribution >= 4 is 20.2 Å². The number of hydrogen-bond acceptors (Lipinski definition) is 2. The molecule has 0 aromatic rings. The smallest absolute Gasteiger partial charge is 1.00 e. The molecule has 0 radical (unpaired) electrons. The summed E-state index contributed by atoms with van der Waals surface area (Å²) >= 11 is 3.47. The van der Waals surface area contributed by atoms with E-state index in [9.17, 15) is 0 Å². The van der Waals surface area contributed by atoms with Gasteiger partial charge in [0.05, 0.1) is 0 Å². The Kier molecular flexibility index (Phi) is 19.4. The van der Waals surface area contributed by atoms with Crippen LogP contribution < -0.4 is 29.6 Å². The summed E-state index contributed by atoms with van der Waals surface area (Å²) in [6.45, 7) is 4.46. The Morgan fingerprint density at radius 2 is 1.42 bits per heavy atom. The molecule has 3 nitrogen and oxygen atoms in total. The van der Waals surface area contributed by atoms with Crippen LogP contribution in [0.1, 0.15) is 41.0 Å². The molecule has 0 unspecified atom stereocenters. The summed E-state index contributed by atoms with van der Waals surface area (Å²) in [7, 11) is -3.83. The van der Waals surface area contributed by atoms with Crippen molar-refractivity contribution in [1.82, 2.24) is 0 Å². The van der Waals surface area contributed by atoms with Crippen LogP contribution >= 0.6 is 0 Å². The van der Waals surface area contributed by atoms with Gasteiger partial charge in [-0.05, 0) is 0 Å². The second-order valence-corrected chi connectivity index (χ2v) is 4.35. The molecular weight excluding hydrogens is 207 g/mol. The van der Waals surface area contributed by atoms with Crippen molar-refractivity contribution in [3.8, 4) is 0 Å². The molecule has 0 fully saturated rings. The molecule has 0 atom stereocenters. The number of rotatable bonds is 3. The van der Waals surface area contributed by atoms with Gasteiger partial charge < -0.3 is 1.43 Å². The van der Waals surface area contributed by atoms with Gasteiger partial charge in [-0.1, -0.05) is 39.5 Å². The van der Waals surface area contributed by atoms with Crippen LogP contribution in [0.15, 0.2) is 0 Å². The third-order valence-corrected chi connectivity index (χ3v) is 0.957. The van der Waals surface area contributed by atoms with Gasteiger partial charge >= 0.3 is 29.6 Å². The standard InChI is InChI=1S/C6H14.Na.H2O3S2.H/c1-3-5-6-4-2;;1-5(2,3)4;/h3-6H2,1-2H3;;(H2,1,2,3,4);/q;+1;;-1. The fourth-order valence-corrected chi connectivity index (χ4v) is 0.500. The second-order valence-electron chi connectivity index (χ2n) is 2.15. The molecule has 0 aliphatic heterocycles. The maximum atomic E-state index is 9.11. The third kappa shape index (κ3) is 65.0. The molecular formula is C6H17NaO3S2. The zero-order chi connectivity index (χ0) is 9.33. The summed E-state index contributed by atoms with van der Waals surface area (Å²) in [5.41, 5.74) is 0. The summed E-state index contributed by atoms with van der Waals surface area (Å²) in [6.07, 6.45) is 5.54. The van der Waals surface area contributed by atoms with Gasteiger partial charge in [0.15, 0.2) is 0 Å². The molecule has 0 heterocycles. The van der Waals surface area contributed by atoms with E-state index in [-0.39, 0.29) is 31.0 Å². The van der Waals surface area contributed by atoms with E-state index in [0.717, 1.165) is 0 Å². The van der Waals surface area contributed by atoms with E-state index in [4.69, 9.17) is 13.3 Å². The Bertz CT molecular complexity index is 149. The fraction of sp³-hybridized carbons (Fsp3) is 1.00. The summed E-state index contributed by atoms with van der Waals surface area (Å²) in [4.78, 5) is 0. The maximum absolute atomic E-state index is 9.11. The van der Waals surface area contributed by atoms with E-state index in [2.05, 4.69) is 25.0 Å². The molecule has 72 valence electrons. The van der Waals surface area contributed by atoms with Gasteiger partial charge in [0.2, 0.25) is 0 Å². The molecule has 0 bridgehead atoms. The van der Waals surface area contributed by atoms with Crippen LogP contribution in [0.3, 0.4) is 0 Å². The zero-order valence-corrected chi connectivity index (χ0v) is 11.6. The molecule has 0 aliphatic carbocycles. The van der Waals surface area contributed by atoms with E-state index in [1.165, 1.54) is 25.7 Å². The Morgan fingerprint density at radius 3 is 1.50 bits per heavy atom. The summed E-state index contributed by atoms with van der Waals surface area (Å²) in [5.74, 6) is 0. The first-order valence-electron chi connectivity index (χ1n) is 3.61. The van der Waals surface area contributed by atoms with Gasteiger partial charge in [0.1, 0.15) is 0 Å². The number of hydrogen-bond donors (Lipinski definition) is 2. The van der Waals surface area contributed by atoms with Crippen molar-refractivity contribution in [3.63, 3.8) is 0 Å². The molecule has 6 heteroatoms. The van der Waals surface area contributed by atoms with Crippen molar-refractivity contribution in [2.75, 3.05) is 0 Å². The summed E-state index contributed by atoms with van der Waals surface area (Å²) in [5, 5.41) is 0. The fourth-order valence-electron chi connectivity index (χ4n) is 0.500. The van der Waals surface area contributed by atoms with Crippen LogP contribution in [0.5, 0.6) is 0 Å². The molecule has 0 spiro atoms. The largest absolute Gasteiger partial charge is 1.00 e. The molecule has 0 saturated carbocycles. The molecule has 0 aromatic carbocycles. The first-order chi connectivity index (χ1) is 4.91. The van der Waals surface area contributed by atoms with Crippen LogP contribution in [0.2, 0.25) is 0 Å². The number of unbranched alkanes of at least 4 members (excludes halogenated alkanes) is 3. The van der Waals surface area contributed by atoms with E-state index < -0.39 is 9.05 Å². The van der Waals surface area contributed by atoms with E-state index in [0.29, 0.717) is 0 Å². The van der Waals surface area contributed by atoms with Crippen LogP contribution in [0, 0.1) is 0 Å². The van der Waals surface area contributed by atoms with Crippen molar-refractivity contribution < 1.29 is 44.3 Å². The van der Waals surface area contributed by atoms with Crippen LogP contribution in [-0.2, 0) is 20.2 Å². The summed E-state index contributed by atoms with van der Waals surface area (Å²) in [6, 6.07) is 0. The average Bonchev–Trinajstić information content (AvgIpc) is 1.79. The minimum atomic E-state index is -3.83. The first-order valence-corrected chi connectivity index (χ1v) is 6.01. The second kappa shape index (κ2) is 12.3. The first kappa shape index (κ1) is 19.0. The predicted molar refractivity (Wildman–Crippen MR) is 51.7 cm³/mol. The van der Waals surface area contributed by atoms with Gasteiger partial charge in [-0.15, -0.1) is 0 Å². The molecule has 12 heavy (non-hydrogen) atoms. The Labute approximate surface area is 103 Å². The molecule has 0 amide bonds. The quantitative estimate of drug-likeness (QED) is 0.495. The Morgan fingerprint density at radius 1 is 1.25 bits per heavy atom. The average molecular weight is 224 g/mol. The normalized spacial score (nSPS) is 9.33. The van der Waals surface area contributed by atoms with Gasteiger partial charge in [0, 0.05) is 11.2 Å². The Balaban J connectivity index is -0.0000000546. The van der Waals surface area contributed by atoms with Crippen LogP contribution in [-0.4, -0.2) is 13.3 Å². The minimum absolute atomic E-state index is 0. The molecule has 0 saturated heterocycles. The Hall–Kier alpha value is 1.29. The molecule has 2 N–H and O–H groups in total. The van der Waals surface area contributed by atoms with Crippen molar-refractivity contribution in [2.45, 2.75) is 39.5 Å². The predicted octanol–water partition coefficient (Wildman–Crippen LogP) is -0.618. The van der Waals surface area contributed by atoms with Crippen LogP contribution in [0.4, 0.5) is 0 Å². The van der Waals surface area contributed by atoms with E-state index >= 15 is 0 Å². The van der Waals surface area contributed by atoms with Crippen molar-refractivity contribution in [3.05, 3.63) is 0 Å². The van der Waals surface area contributed by atoms with Gasteiger partial charge in [-0.3, -0.25) is 9.11 Å². The van der Waals surface area contributed by atoms with Crippen molar-refractivity contribution in [2.24, 2.45) is 0 Å². The maximum Gasteiger partial charge on any atom is 1.00 e. The molecule has 0 aliphatic rings. The van der Waals surface area contributed by atoms with Crippen LogP contribution in [0.25, 0.3) is 0 Å². The monoisotopic (exact) mass is 224 g/mol. The van der Waals surface area contributed by atoms with Gasteiger partial charge in [-0.25, -0.2) is 0 Å². The third-order valence-electron chi connectivity index (χ3n) is 0.957.